The minimum atomic E-state index is 0.389. The van der Waals surface area contributed by atoms with E-state index in [9.17, 15) is 0 Å². The molecule has 0 spiro atoms. The van der Waals surface area contributed by atoms with Crippen molar-refractivity contribution in [3.8, 4) is 5.75 Å². The lowest BCUT2D eigenvalue weighted by Gasteiger charge is -2.35. The molecule has 2 N–H and O–H groups in total. The second kappa shape index (κ2) is 9.37. The predicted octanol–water partition coefficient (Wildman–Crippen LogP) is 2.58. The van der Waals surface area contributed by atoms with Gasteiger partial charge in [-0.3, -0.25) is 4.90 Å². The minimum absolute atomic E-state index is 0.389. The van der Waals surface area contributed by atoms with E-state index in [1.54, 1.807) is 7.11 Å². The van der Waals surface area contributed by atoms with Gasteiger partial charge in [0.1, 0.15) is 5.75 Å². The number of hydrogen-bond acceptors (Lipinski definition) is 5. The number of nitrogens with one attached hydrogen (secondary N) is 2. The van der Waals surface area contributed by atoms with E-state index >= 15 is 0 Å². The fourth-order valence-electron chi connectivity index (χ4n) is 5.28. The average molecular weight is 374 g/mol. The Morgan fingerprint density at radius 3 is 2.85 bits per heavy atom. The maximum Gasteiger partial charge on any atom is 0.123 e. The molecule has 0 aromatic heterocycles. The molecule has 2 aliphatic heterocycles. The molecule has 3 aliphatic rings. The SMILES string of the molecule is COc1ccccc1C(CNC1CCCC1C1COCCN1)N1CCCC1. The smallest absolute Gasteiger partial charge is 0.123 e. The van der Waals surface area contributed by atoms with Gasteiger partial charge < -0.3 is 20.1 Å². The third kappa shape index (κ3) is 4.48. The summed E-state index contributed by atoms with van der Waals surface area (Å²) in [7, 11) is 1.79. The fourth-order valence-corrected chi connectivity index (χ4v) is 5.28. The number of morpholine rings is 1. The molecule has 4 atom stereocenters. The normalized spacial score (nSPS) is 30.5. The highest BCUT2D eigenvalue weighted by atomic mass is 16.5. The van der Waals surface area contributed by atoms with Crippen LogP contribution in [-0.2, 0) is 4.74 Å². The Labute approximate surface area is 163 Å². The minimum Gasteiger partial charge on any atom is -0.496 e. The van der Waals surface area contributed by atoms with Gasteiger partial charge in [0.15, 0.2) is 0 Å². The molecule has 2 saturated heterocycles. The molecule has 5 nitrogen and oxygen atoms in total. The standard InChI is InChI=1S/C22H35N3O2/c1-26-22-10-3-2-7-18(22)21(25-12-4-5-13-25)15-24-19-9-6-8-17(19)20-16-27-14-11-23-20/h2-3,7,10,17,19-21,23-24H,4-6,8-9,11-16H2,1H3. The van der Waals surface area contributed by atoms with E-state index in [0.29, 0.717) is 24.0 Å². The maximum absolute atomic E-state index is 5.73. The van der Waals surface area contributed by atoms with Gasteiger partial charge in [-0.2, -0.15) is 0 Å². The Balaban J connectivity index is 1.45. The van der Waals surface area contributed by atoms with Crippen LogP contribution in [0.2, 0.25) is 0 Å². The molecule has 5 heteroatoms. The van der Waals surface area contributed by atoms with E-state index in [0.717, 1.165) is 32.1 Å². The molecule has 150 valence electrons. The molecule has 2 heterocycles. The lowest BCUT2D eigenvalue weighted by molar-refractivity contribution is 0.0519. The van der Waals surface area contributed by atoms with Gasteiger partial charge >= 0.3 is 0 Å². The Morgan fingerprint density at radius 1 is 1.22 bits per heavy atom. The molecular weight excluding hydrogens is 338 g/mol. The lowest BCUT2D eigenvalue weighted by Crippen LogP contribution is -2.51. The first-order valence-corrected chi connectivity index (χ1v) is 10.8. The van der Waals surface area contributed by atoms with E-state index < -0.39 is 0 Å². The molecule has 3 fully saturated rings. The Hall–Kier alpha value is -1.14. The first-order chi connectivity index (χ1) is 13.4. The summed E-state index contributed by atoms with van der Waals surface area (Å²) in [5, 5.41) is 7.65. The van der Waals surface area contributed by atoms with Crippen molar-refractivity contribution in [3.05, 3.63) is 29.8 Å². The number of para-hydroxylation sites is 1. The number of nitrogens with zero attached hydrogens (tertiary/aromatic N) is 1. The van der Waals surface area contributed by atoms with Gasteiger partial charge in [-0.05, 0) is 50.8 Å². The summed E-state index contributed by atoms with van der Waals surface area (Å²) < 4.78 is 11.4. The lowest BCUT2D eigenvalue weighted by atomic mass is 9.93. The van der Waals surface area contributed by atoms with Crippen LogP contribution in [0.3, 0.4) is 0 Å². The number of rotatable bonds is 7. The van der Waals surface area contributed by atoms with Crippen molar-refractivity contribution < 1.29 is 9.47 Å². The summed E-state index contributed by atoms with van der Waals surface area (Å²) in [4.78, 5) is 2.64. The predicted molar refractivity (Wildman–Crippen MR) is 108 cm³/mol. The van der Waals surface area contributed by atoms with Crippen LogP contribution in [0, 0.1) is 5.92 Å². The van der Waals surface area contributed by atoms with Gasteiger partial charge in [0, 0.05) is 30.7 Å². The summed E-state index contributed by atoms with van der Waals surface area (Å²) in [6, 6.07) is 10.0. The zero-order chi connectivity index (χ0) is 18.5. The molecule has 4 unspecified atom stereocenters. The van der Waals surface area contributed by atoms with E-state index in [4.69, 9.17) is 9.47 Å². The highest BCUT2D eigenvalue weighted by molar-refractivity contribution is 5.36. The maximum atomic E-state index is 5.73. The summed E-state index contributed by atoms with van der Waals surface area (Å²) in [6.45, 7) is 6.09. The van der Waals surface area contributed by atoms with Crippen LogP contribution in [0.1, 0.15) is 43.7 Å². The Bertz CT molecular complexity index is 585. The average Bonchev–Trinajstić information content (AvgIpc) is 3.41. The van der Waals surface area contributed by atoms with Crippen LogP contribution in [0.5, 0.6) is 5.75 Å². The molecule has 1 saturated carbocycles. The second-order valence-corrected chi connectivity index (χ2v) is 8.25. The van der Waals surface area contributed by atoms with Gasteiger partial charge in [-0.15, -0.1) is 0 Å². The largest absolute Gasteiger partial charge is 0.496 e. The Morgan fingerprint density at radius 2 is 2.07 bits per heavy atom. The van der Waals surface area contributed by atoms with Gasteiger partial charge in [-0.25, -0.2) is 0 Å². The molecule has 27 heavy (non-hydrogen) atoms. The molecule has 1 aromatic rings. The second-order valence-electron chi connectivity index (χ2n) is 8.25. The molecule has 1 aromatic carbocycles. The van der Waals surface area contributed by atoms with Gasteiger partial charge in [0.2, 0.25) is 0 Å². The molecule has 0 radical (unpaired) electrons. The summed E-state index contributed by atoms with van der Waals surface area (Å²) in [6.07, 6.45) is 6.52. The van der Waals surface area contributed by atoms with E-state index in [2.05, 4.69) is 39.8 Å². The van der Waals surface area contributed by atoms with Crippen molar-refractivity contribution in [2.45, 2.75) is 50.2 Å². The van der Waals surface area contributed by atoms with Crippen LogP contribution in [0.25, 0.3) is 0 Å². The molecule has 0 amide bonds. The summed E-state index contributed by atoms with van der Waals surface area (Å²) >= 11 is 0. The van der Waals surface area contributed by atoms with Crippen LogP contribution < -0.4 is 15.4 Å². The van der Waals surface area contributed by atoms with Crippen LogP contribution in [0.4, 0.5) is 0 Å². The van der Waals surface area contributed by atoms with Gasteiger partial charge in [0.05, 0.1) is 26.4 Å². The number of methoxy groups -OCH3 is 1. The van der Waals surface area contributed by atoms with Crippen LogP contribution >= 0.6 is 0 Å². The van der Waals surface area contributed by atoms with E-state index in [-0.39, 0.29) is 0 Å². The van der Waals surface area contributed by atoms with Gasteiger partial charge in [-0.1, -0.05) is 24.6 Å². The monoisotopic (exact) mass is 373 g/mol. The number of benzene rings is 1. The Kier molecular flexibility index (Phi) is 6.66. The third-order valence-corrected chi connectivity index (χ3v) is 6.69. The van der Waals surface area contributed by atoms with Crippen LogP contribution in [0.15, 0.2) is 24.3 Å². The van der Waals surface area contributed by atoms with Crippen molar-refractivity contribution in [1.82, 2.24) is 15.5 Å². The first-order valence-electron chi connectivity index (χ1n) is 10.8. The summed E-state index contributed by atoms with van der Waals surface area (Å²) in [5.41, 5.74) is 1.32. The van der Waals surface area contributed by atoms with E-state index in [1.165, 1.54) is 50.8 Å². The summed E-state index contributed by atoms with van der Waals surface area (Å²) in [5.74, 6) is 1.70. The molecule has 0 bridgehead atoms. The fraction of sp³-hybridized carbons (Fsp3) is 0.727. The van der Waals surface area contributed by atoms with Crippen molar-refractivity contribution in [3.63, 3.8) is 0 Å². The van der Waals surface area contributed by atoms with Crippen molar-refractivity contribution in [1.29, 1.82) is 0 Å². The van der Waals surface area contributed by atoms with E-state index in [1.807, 2.05) is 0 Å². The number of likely N-dealkylation sites (tertiary alicyclic amines) is 1. The highest BCUT2D eigenvalue weighted by Crippen LogP contribution is 2.33. The molecule has 4 rings (SSSR count). The quantitative estimate of drug-likeness (QED) is 0.769. The van der Waals surface area contributed by atoms with Crippen molar-refractivity contribution in [2.24, 2.45) is 5.92 Å². The van der Waals surface area contributed by atoms with Crippen LogP contribution in [-0.4, -0.2) is 63.5 Å². The van der Waals surface area contributed by atoms with Crippen molar-refractivity contribution in [2.75, 3.05) is 46.5 Å². The molecular formula is C22H35N3O2. The van der Waals surface area contributed by atoms with Crippen molar-refractivity contribution >= 4 is 0 Å². The zero-order valence-electron chi connectivity index (χ0n) is 16.7. The zero-order valence-corrected chi connectivity index (χ0v) is 16.7. The third-order valence-electron chi connectivity index (χ3n) is 6.69. The number of hydrogen-bond donors (Lipinski definition) is 2. The topological polar surface area (TPSA) is 45.8 Å². The van der Waals surface area contributed by atoms with Gasteiger partial charge in [0.25, 0.3) is 0 Å². The highest BCUT2D eigenvalue weighted by Gasteiger charge is 2.35. The molecule has 1 aliphatic carbocycles. The number of ether oxygens (including phenoxy) is 2. The first kappa shape index (κ1) is 19.2.